The maximum Gasteiger partial charge on any atom is -0.00979 e. The van der Waals surface area contributed by atoms with Gasteiger partial charge in [0.25, 0.3) is 0 Å². The van der Waals surface area contributed by atoms with E-state index in [2.05, 4.69) is 25.3 Å². The van der Waals surface area contributed by atoms with Gasteiger partial charge in [-0.25, -0.2) is 0 Å². The quantitative estimate of drug-likeness (QED) is 0.397. The Hall–Kier alpha value is 0.700. The first-order valence-corrected chi connectivity index (χ1v) is 6.90. The monoisotopic (exact) mass is 220 g/mol. The molecule has 0 aromatic carbocycles. The van der Waals surface area contributed by atoms with Crippen molar-refractivity contribution in [2.45, 2.75) is 57.8 Å². The van der Waals surface area contributed by atoms with Crippen LogP contribution in [0, 0.1) is 0 Å². The standard InChI is InChI=1S/C11H24S2/c12-10-8-6-4-2-1-3-5-7-9-11-13/h12-13H,1-11H2. The molecule has 0 radical (unpaired) electrons. The Labute approximate surface area is 94.7 Å². The predicted octanol–water partition coefficient (Wildman–Crippen LogP) is 4.36. The number of rotatable bonds is 10. The van der Waals surface area contributed by atoms with E-state index in [1.807, 2.05) is 0 Å². The lowest BCUT2D eigenvalue weighted by Crippen LogP contribution is -1.82. The molecule has 0 aliphatic heterocycles. The van der Waals surface area contributed by atoms with Crippen LogP contribution < -0.4 is 0 Å². The van der Waals surface area contributed by atoms with Gasteiger partial charge in [-0.15, -0.1) is 0 Å². The van der Waals surface area contributed by atoms with E-state index in [4.69, 9.17) is 0 Å². The van der Waals surface area contributed by atoms with Crippen molar-refractivity contribution in [1.82, 2.24) is 0 Å². The molecule has 0 fully saturated rings. The smallest absolute Gasteiger partial charge is 0.00979 e. The third-order valence-corrected chi connectivity index (χ3v) is 2.95. The van der Waals surface area contributed by atoms with Crippen molar-refractivity contribution in [3.8, 4) is 0 Å². The summed E-state index contributed by atoms with van der Waals surface area (Å²) in [7, 11) is 0. The summed E-state index contributed by atoms with van der Waals surface area (Å²) in [6, 6.07) is 0. The fraction of sp³-hybridized carbons (Fsp3) is 1.00. The summed E-state index contributed by atoms with van der Waals surface area (Å²) in [5, 5.41) is 0. The molecule has 0 saturated carbocycles. The van der Waals surface area contributed by atoms with Crippen LogP contribution in [0.5, 0.6) is 0 Å². The minimum absolute atomic E-state index is 1.06. The average Bonchev–Trinajstić information content (AvgIpc) is 2.16. The maximum atomic E-state index is 4.20. The van der Waals surface area contributed by atoms with Crippen molar-refractivity contribution >= 4 is 25.3 Å². The van der Waals surface area contributed by atoms with E-state index in [-0.39, 0.29) is 0 Å². The van der Waals surface area contributed by atoms with Gasteiger partial charge in [-0.2, -0.15) is 25.3 Å². The van der Waals surface area contributed by atoms with Crippen molar-refractivity contribution < 1.29 is 0 Å². The van der Waals surface area contributed by atoms with Crippen molar-refractivity contribution in [3.63, 3.8) is 0 Å². The van der Waals surface area contributed by atoms with Gasteiger partial charge in [0, 0.05) is 0 Å². The highest BCUT2D eigenvalue weighted by atomic mass is 32.1. The van der Waals surface area contributed by atoms with Gasteiger partial charge in [0.15, 0.2) is 0 Å². The van der Waals surface area contributed by atoms with Crippen LogP contribution in [-0.2, 0) is 0 Å². The highest BCUT2D eigenvalue weighted by molar-refractivity contribution is 7.80. The first kappa shape index (κ1) is 13.7. The molecule has 2 heteroatoms. The van der Waals surface area contributed by atoms with E-state index >= 15 is 0 Å². The van der Waals surface area contributed by atoms with E-state index in [1.165, 1.54) is 57.8 Å². The summed E-state index contributed by atoms with van der Waals surface area (Å²) in [5.41, 5.74) is 0. The highest BCUT2D eigenvalue weighted by Gasteiger charge is 1.91. The molecular weight excluding hydrogens is 196 g/mol. The van der Waals surface area contributed by atoms with Gasteiger partial charge < -0.3 is 0 Å². The molecular formula is C11H24S2. The van der Waals surface area contributed by atoms with Crippen LogP contribution in [0.2, 0.25) is 0 Å². The topological polar surface area (TPSA) is 0 Å². The van der Waals surface area contributed by atoms with Crippen LogP contribution in [0.25, 0.3) is 0 Å². The number of hydrogen-bond acceptors (Lipinski definition) is 2. The predicted molar refractivity (Wildman–Crippen MR) is 69.3 cm³/mol. The molecule has 0 bridgehead atoms. The van der Waals surface area contributed by atoms with Gasteiger partial charge in [0.05, 0.1) is 0 Å². The Bertz CT molecular complexity index is 74.2. The summed E-state index contributed by atoms with van der Waals surface area (Å²) in [5.74, 6) is 2.11. The minimum atomic E-state index is 1.06. The molecule has 80 valence electrons. The van der Waals surface area contributed by atoms with Crippen molar-refractivity contribution in [2.24, 2.45) is 0 Å². The molecule has 0 unspecified atom stereocenters. The summed E-state index contributed by atoms with van der Waals surface area (Å²) < 4.78 is 0. The largest absolute Gasteiger partial charge is 0.179 e. The summed E-state index contributed by atoms with van der Waals surface area (Å²) in [6.45, 7) is 0. The molecule has 0 aliphatic rings. The van der Waals surface area contributed by atoms with Crippen LogP contribution in [0.4, 0.5) is 0 Å². The van der Waals surface area contributed by atoms with E-state index in [0.29, 0.717) is 0 Å². The zero-order chi connectivity index (χ0) is 9.78. The van der Waals surface area contributed by atoms with E-state index in [9.17, 15) is 0 Å². The molecule has 0 aromatic rings. The molecule has 0 heterocycles. The Morgan fingerprint density at radius 2 is 0.615 bits per heavy atom. The van der Waals surface area contributed by atoms with Gasteiger partial charge in [0.2, 0.25) is 0 Å². The lowest BCUT2D eigenvalue weighted by Gasteiger charge is -2.00. The Morgan fingerprint density at radius 3 is 0.846 bits per heavy atom. The van der Waals surface area contributed by atoms with Gasteiger partial charge >= 0.3 is 0 Å². The summed E-state index contributed by atoms with van der Waals surface area (Å²) in [6.07, 6.45) is 12.4. The van der Waals surface area contributed by atoms with Gasteiger partial charge in [-0.3, -0.25) is 0 Å². The molecule has 0 aromatic heterocycles. The van der Waals surface area contributed by atoms with Crippen LogP contribution in [-0.4, -0.2) is 11.5 Å². The first-order chi connectivity index (χ1) is 6.41. The summed E-state index contributed by atoms with van der Waals surface area (Å²) >= 11 is 8.39. The van der Waals surface area contributed by atoms with Crippen LogP contribution in [0.1, 0.15) is 57.8 Å². The summed E-state index contributed by atoms with van der Waals surface area (Å²) in [4.78, 5) is 0. The van der Waals surface area contributed by atoms with Gasteiger partial charge in [-0.1, -0.05) is 44.9 Å². The van der Waals surface area contributed by atoms with Crippen LogP contribution in [0.15, 0.2) is 0 Å². The number of thiol groups is 2. The molecule has 0 amide bonds. The zero-order valence-electron chi connectivity index (χ0n) is 8.67. The Morgan fingerprint density at radius 1 is 0.385 bits per heavy atom. The Balaban J connectivity index is 2.76. The van der Waals surface area contributed by atoms with Crippen LogP contribution in [0.3, 0.4) is 0 Å². The van der Waals surface area contributed by atoms with Crippen molar-refractivity contribution in [3.05, 3.63) is 0 Å². The molecule has 0 nitrogen and oxygen atoms in total. The number of hydrogen-bond donors (Lipinski definition) is 2. The number of unbranched alkanes of at least 4 members (excludes halogenated alkanes) is 8. The highest BCUT2D eigenvalue weighted by Crippen LogP contribution is 2.09. The molecule has 0 atom stereocenters. The minimum Gasteiger partial charge on any atom is -0.179 e. The average molecular weight is 220 g/mol. The molecule has 0 saturated heterocycles. The van der Waals surface area contributed by atoms with Crippen LogP contribution >= 0.6 is 25.3 Å². The third kappa shape index (κ3) is 12.7. The normalized spacial score (nSPS) is 10.6. The second-order valence-electron chi connectivity index (χ2n) is 3.63. The first-order valence-electron chi connectivity index (χ1n) is 5.63. The molecule has 0 aliphatic carbocycles. The second kappa shape index (κ2) is 12.7. The van der Waals surface area contributed by atoms with Gasteiger partial charge in [-0.05, 0) is 24.3 Å². The second-order valence-corrected chi connectivity index (χ2v) is 4.52. The molecule has 0 rings (SSSR count). The van der Waals surface area contributed by atoms with Crippen molar-refractivity contribution in [1.29, 1.82) is 0 Å². The SMILES string of the molecule is SCCCCCCCCCCCS. The van der Waals surface area contributed by atoms with Crippen molar-refractivity contribution in [2.75, 3.05) is 11.5 Å². The van der Waals surface area contributed by atoms with E-state index < -0.39 is 0 Å². The lowest BCUT2D eigenvalue weighted by atomic mass is 10.1. The van der Waals surface area contributed by atoms with Gasteiger partial charge in [0.1, 0.15) is 0 Å². The zero-order valence-corrected chi connectivity index (χ0v) is 10.5. The maximum absolute atomic E-state index is 4.20. The fourth-order valence-corrected chi connectivity index (χ4v) is 1.91. The molecule has 13 heavy (non-hydrogen) atoms. The van der Waals surface area contributed by atoms with E-state index in [1.54, 1.807) is 0 Å². The fourth-order valence-electron chi connectivity index (χ4n) is 1.46. The lowest BCUT2D eigenvalue weighted by molar-refractivity contribution is 0.574. The molecule has 0 spiro atoms. The van der Waals surface area contributed by atoms with E-state index in [0.717, 1.165) is 11.5 Å². The third-order valence-electron chi connectivity index (χ3n) is 2.32. The Kier molecular flexibility index (Phi) is 13.4. The molecule has 0 N–H and O–H groups in total.